The average Bonchev–Trinajstić information content (AvgIpc) is 2.36. The van der Waals surface area contributed by atoms with E-state index in [0.717, 1.165) is 16.3 Å². The molecule has 0 aliphatic heterocycles. The Bertz CT molecular complexity index is 775. The topological polar surface area (TPSA) is 49.6 Å². The number of hydrogen-bond acceptors (Lipinski definition) is 3. The van der Waals surface area contributed by atoms with Crippen molar-refractivity contribution in [1.29, 1.82) is 5.26 Å². The number of halogens is 1. The third kappa shape index (κ3) is 1.50. The summed E-state index contributed by atoms with van der Waals surface area (Å²) in [7, 11) is 0. The number of aromatic nitrogens is 2. The van der Waals surface area contributed by atoms with Gasteiger partial charge >= 0.3 is 0 Å². The van der Waals surface area contributed by atoms with Gasteiger partial charge in [-0.1, -0.05) is 29.8 Å². The van der Waals surface area contributed by atoms with Crippen LogP contribution in [-0.2, 0) is 0 Å². The summed E-state index contributed by atoms with van der Waals surface area (Å²) in [5, 5.41) is 11.1. The van der Waals surface area contributed by atoms with Crippen LogP contribution in [0.2, 0.25) is 5.15 Å². The van der Waals surface area contributed by atoms with E-state index in [2.05, 4.69) is 9.97 Å². The van der Waals surface area contributed by atoms with Crippen molar-refractivity contribution in [2.75, 3.05) is 0 Å². The van der Waals surface area contributed by atoms with Crippen molar-refractivity contribution in [3.8, 4) is 6.07 Å². The maximum atomic E-state index is 9.07. The van der Waals surface area contributed by atoms with Crippen LogP contribution in [0.1, 0.15) is 5.56 Å². The molecule has 0 aliphatic rings. The molecule has 2 aromatic heterocycles. The van der Waals surface area contributed by atoms with E-state index in [1.165, 1.54) is 0 Å². The van der Waals surface area contributed by atoms with E-state index in [0.29, 0.717) is 11.1 Å². The molecule has 2 heterocycles. The summed E-state index contributed by atoms with van der Waals surface area (Å²) < 4.78 is 0. The number of nitriles is 1. The van der Waals surface area contributed by atoms with Gasteiger partial charge in [-0.3, -0.25) is 0 Å². The number of benzene rings is 1. The van der Waals surface area contributed by atoms with Crippen molar-refractivity contribution in [2.45, 2.75) is 0 Å². The Labute approximate surface area is 102 Å². The fourth-order valence-corrected chi connectivity index (χ4v) is 2.00. The van der Waals surface area contributed by atoms with Crippen LogP contribution < -0.4 is 0 Å². The highest BCUT2D eigenvalue weighted by Gasteiger charge is 2.09. The molecule has 0 atom stereocenters. The number of rotatable bonds is 0. The van der Waals surface area contributed by atoms with Crippen molar-refractivity contribution >= 4 is 33.4 Å². The smallest absolute Gasteiger partial charge is 0.149 e. The summed E-state index contributed by atoms with van der Waals surface area (Å²) in [5.74, 6) is 0. The highest BCUT2D eigenvalue weighted by Crippen LogP contribution is 2.24. The Balaban J connectivity index is 2.53. The SMILES string of the molecule is N#Cc1c(Cl)ncc2cc3ccccc3nc12. The van der Waals surface area contributed by atoms with Crippen LogP contribution in [0.5, 0.6) is 0 Å². The molecule has 17 heavy (non-hydrogen) atoms. The molecular weight excluding hydrogens is 234 g/mol. The van der Waals surface area contributed by atoms with E-state index in [9.17, 15) is 0 Å². The van der Waals surface area contributed by atoms with E-state index in [-0.39, 0.29) is 5.15 Å². The zero-order valence-corrected chi connectivity index (χ0v) is 9.44. The second-order valence-corrected chi connectivity index (χ2v) is 4.01. The third-order valence-electron chi connectivity index (χ3n) is 2.63. The van der Waals surface area contributed by atoms with Gasteiger partial charge in [-0.15, -0.1) is 0 Å². The van der Waals surface area contributed by atoms with Gasteiger partial charge in [-0.05, 0) is 12.1 Å². The molecule has 1 aromatic carbocycles. The van der Waals surface area contributed by atoms with Crippen LogP contribution in [0.4, 0.5) is 0 Å². The molecule has 3 nitrogen and oxygen atoms in total. The van der Waals surface area contributed by atoms with Crippen molar-refractivity contribution in [1.82, 2.24) is 9.97 Å². The lowest BCUT2D eigenvalue weighted by Crippen LogP contribution is -1.90. The molecule has 0 amide bonds. The molecule has 0 saturated carbocycles. The zero-order chi connectivity index (χ0) is 11.8. The van der Waals surface area contributed by atoms with E-state index in [4.69, 9.17) is 16.9 Å². The van der Waals surface area contributed by atoms with Gasteiger partial charge in [-0.25, -0.2) is 9.97 Å². The summed E-state index contributed by atoms with van der Waals surface area (Å²) in [4.78, 5) is 8.45. The lowest BCUT2D eigenvalue weighted by atomic mass is 10.1. The quantitative estimate of drug-likeness (QED) is 0.447. The lowest BCUT2D eigenvalue weighted by molar-refractivity contribution is 1.32. The van der Waals surface area contributed by atoms with Crippen molar-refractivity contribution in [3.63, 3.8) is 0 Å². The molecular formula is C13H6ClN3. The maximum Gasteiger partial charge on any atom is 0.149 e. The molecule has 0 aliphatic carbocycles. The van der Waals surface area contributed by atoms with Crippen LogP contribution in [0, 0.1) is 11.3 Å². The first-order chi connectivity index (χ1) is 8.29. The second-order valence-electron chi connectivity index (χ2n) is 3.65. The van der Waals surface area contributed by atoms with Crippen LogP contribution in [0.15, 0.2) is 36.5 Å². The summed E-state index contributed by atoms with van der Waals surface area (Å²) in [6, 6.07) is 11.7. The van der Waals surface area contributed by atoms with Crippen LogP contribution >= 0.6 is 11.6 Å². The number of para-hydroxylation sites is 1. The molecule has 0 saturated heterocycles. The summed E-state index contributed by atoms with van der Waals surface area (Å²) in [5.41, 5.74) is 1.78. The maximum absolute atomic E-state index is 9.07. The fraction of sp³-hybridized carbons (Fsp3) is 0. The first-order valence-electron chi connectivity index (χ1n) is 5.03. The number of hydrogen-bond donors (Lipinski definition) is 0. The van der Waals surface area contributed by atoms with Gasteiger partial charge in [0.2, 0.25) is 0 Å². The number of nitrogens with zero attached hydrogens (tertiary/aromatic N) is 3. The minimum atomic E-state index is 0.197. The summed E-state index contributed by atoms with van der Waals surface area (Å²) >= 11 is 5.88. The van der Waals surface area contributed by atoms with Gasteiger partial charge in [0, 0.05) is 17.0 Å². The largest absolute Gasteiger partial charge is 0.246 e. The van der Waals surface area contributed by atoms with Gasteiger partial charge in [-0.2, -0.15) is 5.26 Å². The van der Waals surface area contributed by atoms with Crippen LogP contribution in [0.25, 0.3) is 21.8 Å². The van der Waals surface area contributed by atoms with E-state index >= 15 is 0 Å². The van der Waals surface area contributed by atoms with Gasteiger partial charge in [0.25, 0.3) is 0 Å². The molecule has 0 fully saturated rings. The monoisotopic (exact) mass is 239 g/mol. The van der Waals surface area contributed by atoms with Crippen LogP contribution in [-0.4, -0.2) is 9.97 Å². The molecule has 0 bridgehead atoms. The summed E-state index contributed by atoms with van der Waals surface area (Å²) in [6.07, 6.45) is 1.64. The zero-order valence-electron chi connectivity index (χ0n) is 8.68. The van der Waals surface area contributed by atoms with Crippen molar-refractivity contribution in [3.05, 3.63) is 47.2 Å². The van der Waals surface area contributed by atoms with Gasteiger partial charge in [0.15, 0.2) is 0 Å². The first kappa shape index (κ1) is 10.0. The average molecular weight is 240 g/mol. The highest BCUT2D eigenvalue weighted by molar-refractivity contribution is 6.31. The van der Waals surface area contributed by atoms with Crippen LogP contribution in [0.3, 0.4) is 0 Å². The van der Waals surface area contributed by atoms with E-state index in [1.807, 2.05) is 36.4 Å². The van der Waals surface area contributed by atoms with Gasteiger partial charge in [0.05, 0.1) is 11.0 Å². The Hall–Kier alpha value is -2.18. The third-order valence-corrected chi connectivity index (χ3v) is 2.91. The Kier molecular flexibility index (Phi) is 2.17. The number of fused-ring (bicyclic) bond motifs is 2. The second kappa shape index (κ2) is 3.69. The van der Waals surface area contributed by atoms with Crippen molar-refractivity contribution in [2.24, 2.45) is 0 Å². The predicted octanol–water partition coefficient (Wildman–Crippen LogP) is 3.31. The normalized spacial score (nSPS) is 10.6. The Morgan fingerprint density at radius 3 is 2.82 bits per heavy atom. The standard InChI is InChI=1S/C13H6ClN3/c14-13-10(6-15)12-9(7-16-13)5-8-3-1-2-4-11(8)17-12/h1-5,7H. The molecule has 0 unspecified atom stereocenters. The minimum Gasteiger partial charge on any atom is -0.246 e. The number of pyridine rings is 2. The Morgan fingerprint density at radius 2 is 2.00 bits per heavy atom. The summed E-state index contributed by atoms with van der Waals surface area (Å²) in [6.45, 7) is 0. The molecule has 0 N–H and O–H groups in total. The Morgan fingerprint density at radius 1 is 1.18 bits per heavy atom. The molecule has 3 rings (SSSR count). The first-order valence-corrected chi connectivity index (χ1v) is 5.41. The van der Waals surface area contributed by atoms with Gasteiger partial charge < -0.3 is 0 Å². The van der Waals surface area contributed by atoms with E-state index < -0.39 is 0 Å². The predicted molar refractivity (Wildman–Crippen MR) is 66.8 cm³/mol. The molecule has 0 spiro atoms. The lowest BCUT2D eigenvalue weighted by Gasteiger charge is -2.03. The van der Waals surface area contributed by atoms with Crippen molar-refractivity contribution < 1.29 is 0 Å². The van der Waals surface area contributed by atoms with E-state index in [1.54, 1.807) is 6.20 Å². The van der Waals surface area contributed by atoms with Gasteiger partial charge in [0.1, 0.15) is 16.8 Å². The molecule has 3 aromatic rings. The minimum absolute atomic E-state index is 0.197. The molecule has 80 valence electrons. The fourth-order valence-electron chi connectivity index (χ4n) is 1.82. The molecule has 0 radical (unpaired) electrons. The molecule has 4 heteroatoms. The highest BCUT2D eigenvalue weighted by atomic mass is 35.5.